The van der Waals surface area contributed by atoms with Crippen LogP contribution in [0.5, 0.6) is 0 Å². The molecule has 1 unspecified atom stereocenters. The number of aryl methyl sites for hydroxylation is 1. The Labute approximate surface area is 191 Å². The Kier molecular flexibility index (Phi) is 11.4. The molecule has 2 rings (SSSR count). The van der Waals surface area contributed by atoms with Crippen molar-refractivity contribution in [3.8, 4) is 0 Å². The summed E-state index contributed by atoms with van der Waals surface area (Å²) in [5.74, 6) is 0.883. The monoisotopic (exact) mass is 566 g/mol. The normalized spacial score (nSPS) is 12.4. The Hall–Kier alpha value is -0.710. The van der Waals surface area contributed by atoms with E-state index in [2.05, 4.69) is 65.8 Å². The van der Waals surface area contributed by atoms with Crippen LogP contribution in [-0.2, 0) is 17.7 Å². The van der Waals surface area contributed by atoms with Gasteiger partial charge in [-0.25, -0.2) is 4.98 Å². The lowest BCUT2D eigenvalue weighted by molar-refractivity contribution is 0.119. The molecule has 1 atom stereocenters. The number of hydrogen-bond donors (Lipinski definition) is 1. The summed E-state index contributed by atoms with van der Waals surface area (Å²) in [6.07, 6.45) is 2.13. The zero-order chi connectivity index (χ0) is 18.9. The Morgan fingerprint density at radius 1 is 1.44 bits per heavy atom. The molecule has 0 spiro atoms. The number of aliphatic imine (C=N–C) groups is 1. The van der Waals surface area contributed by atoms with Crippen molar-refractivity contribution in [2.45, 2.75) is 32.4 Å². The molecule has 0 aliphatic rings. The lowest BCUT2D eigenvalue weighted by Crippen LogP contribution is -2.39. The van der Waals surface area contributed by atoms with Gasteiger partial charge in [0.2, 0.25) is 0 Å². The van der Waals surface area contributed by atoms with Crippen LogP contribution in [0.1, 0.15) is 35.7 Å². The molecule has 1 aromatic carbocycles. The average molecular weight is 567 g/mol. The number of methoxy groups -OCH3 is 1. The fourth-order valence-electron chi connectivity index (χ4n) is 2.57. The van der Waals surface area contributed by atoms with E-state index < -0.39 is 0 Å². The predicted octanol–water partition coefficient (Wildman–Crippen LogP) is 4.87. The summed E-state index contributed by atoms with van der Waals surface area (Å²) in [6, 6.07) is 8.45. The first kappa shape index (κ1) is 24.3. The summed E-state index contributed by atoms with van der Waals surface area (Å²) >= 11 is 5.15. The van der Waals surface area contributed by atoms with Crippen molar-refractivity contribution in [3.63, 3.8) is 0 Å². The Balaban J connectivity index is 0.00000364. The Morgan fingerprint density at radius 3 is 2.89 bits per heavy atom. The summed E-state index contributed by atoms with van der Waals surface area (Å²) in [7, 11) is 5.55. The van der Waals surface area contributed by atoms with Gasteiger partial charge < -0.3 is 15.0 Å². The standard InChI is InChI=1S/C19H27BrN4OS.HI/c1-14(25-4)18-23-17(13-26-18)12-24(3)19(21-2)22-10-6-8-15-7-5-9-16(20)11-15;/h5,7,9,11,13-14H,6,8,10,12H2,1-4H3,(H,21,22);1H. The van der Waals surface area contributed by atoms with E-state index >= 15 is 0 Å². The fraction of sp³-hybridized carbons (Fsp3) is 0.474. The molecular formula is C19H28BrIN4OS. The zero-order valence-electron chi connectivity index (χ0n) is 16.2. The second kappa shape index (κ2) is 12.7. The first-order valence-electron chi connectivity index (χ1n) is 8.66. The maximum absolute atomic E-state index is 5.33. The van der Waals surface area contributed by atoms with Crippen molar-refractivity contribution in [1.82, 2.24) is 15.2 Å². The van der Waals surface area contributed by atoms with Crippen LogP contribution >= 0.6 is 51.2 Å². The molecule has 0 aliphatic heterocycles. The number of ether oxygens (including phenoxy) is 1. The molecule has 8 heteroatoms. The molecule has 0 saturated carbocycles. The minimum Gasteiger partial charge on any atom is -0.375 e. The number of thiazole rings is 1. The highest BCUT2D eigenvalue weighted by atomic mass is 127. The van der Waals surface area contributed by atoms with Gasteiger partial charge in [-0.3, -0.25) is 4.99 Å². The first-order chi connectivity index (χ1) is 12.5. The molecule has 1 aromatic heterocycles. The first-order valence-corrected chi connectivity index (χ1v) is 10.3. The molecule has 0 aliphatic carbocycles. The van der Waals surface area contributed by atoms with E-state index in [1.165, 1.54) is 5.56 Å². The van der Waals surface area contributed by atoms with Crippen molar-refractivity contribution in [1.29, 1.82) is 0 Å². The van der Waals surface area contributed by atoms with Crippen molar-refractivity contribution in [2.75, 3.05) is 27.7 Å². The quantitative estimate of drug-likeness (QED) is 0.214. The Bertz CT molecular complexity index is 725. The lowest BCUT2D eigenvalue weighted by atomic mass is 10.1. The van der Waals surface area contributed by atoms with Gasteiger partial charge in [-0.2, -0.15) is 0 Å². The van der Waals surface area contributed by atoms with Crippen LogP contribution in [0.3, 0.4) is 0 Å². The molecule has 0 saturated heterocycles. The van der Waals surface area contributed by atoms with E-state index in [0.29, 0.717) is 0 Å². The second-order valence-corrected chi connectivity index (χ2v) is 7.92. The maximum Gasteiger partial charge on any atom is 0.193 e. The summed E-state index contributed by atoms with van der Waals surface area (Å²) < 4.78 is 6.46. The van der Waals surface area contributed by atoms with Crippen LogP contribution in [0.15, 0.2) is 39.1 Å². The molecule has 0 bridgehead atoms. The van der Waals surface area contributed by atoms with Gasteiger partial charge in [0.05, 0.1) is 12.2 Å². The number of guanidine groups is 1. The van der Waals surface area contributed by atoms with E-state index in [9.17, 15) is 0 Å². The molecule has 1 heterocycles. The molecule has 2 aromatic rings. The third-order valence-electron chi connectivity index (χ3n) is 4.06. The molecule has 0 amide bonds. The largest absolute Gasteiger partial charge is 0.375 e. The predicted molar refractivity (Wildman–Crippen MR) is 128 cm³/mol. The average Bonchev–Trinajstić information content (AvgIpc) is 3.09. The van der Waals surface area contributed by atoms with Crippen molar-refractivity contribution < 1.29 is 4.74 Å². The number of rotatable bonds is 8. The molecule has 1 N–H and O–H groups in total. The van der Waals surface area contributed by atoms with Crippen LogP contribution in [0, 0.1) is 0 Å². The zero-order valence-corrected chi connectivity index (χ0v) is 21.0. The maximum atomic E-state index is 5.33. The van der Waals surface area contributed by atoms with Crippen molar-refractivity contribution in [3.05, 3.63) is 50.4 Å². The van der Waals surface area contributed by atoms with Crippen LogP contribution in [-0.4, -0.2) is 43.6 Å². The van der Waals surface area contributed by atoms with Gasteiger partial charge in [0.25, 0.3) is 0 Å². The number of benzene rings is 1. The molecule has 27 heavy (non-hydrogen) atoms. The minimum atomic E-state index is 0. The summed E-state index contributed by atoms with van der Waals surface area (Å²) in [6.45, 7) is 3.61. The number of aromatic nitrogens is 1. The van der Waals surface area contributed by atoms with E-state index in [1.54, 1.807) is 18.4 Å². The summed E-state index contributed by atoms with van der Waals surface area (Å²) in [4.78, 5) is 11.1. The van der Waals surface area contributed by atoms with Crippen LogP contribution < -0.4 is 5.32 Å². The molecule has 0 fully saturated rings. The second-order valence-electron chi connectivity index (χ2n) is 6.12. The third kappa shape index (κ3) is 8.05. The molecule has 150 valence electrons. The smallest absolute Gasteiger partial charge is 0.193 e. The highest BCUT2D eigenvalue weighted by molar-refractivity contribution is 14.0. The van der Waals surface area contributed by atoms with Gasteiger partial charge in [0.1, 0.15) is 11.1 Å². The number of hydrogen-bond acceptors (Lipinski definition) is 4. The van der Waals surface area contributed by atoms with Crippen LogP contribution in [0.4, 0.5) is 0 Å². The Morgan fingerprint density at radius 2 is 2.22 bits per heavy atom. The molecule has 5 nitrogen and oxygen atoms in total. The van der Waals surface area contributed by atoms with Crippen molar-refractivity contribution >= 4 is 57.2 Å². The third-order valence-corrected chi connectivity index (χ3v) is 5.61. The number of halogens is 2. The van der Waals surface area contributed by atoms with E-state index in [-0.39, 0.29) is 30.1 Å². The van der Waals surface area contributed by atoms with Crippen molar-refractivity contribution in [2.24, 2.45) is 4.99 Å². The lowest BCUT2D eigenvalue weighted by Gasteiger charge is -2.21. The summed E-state index contributed by atoms with van der Waals surface area (Å²) in [5, 5.41) is 6.52. The van der Waals surface area contributed by atoms with Gasteiger partial charge in [0.15, 0.2) is 5.96 Å². The van der Waals surface area contributed by atoms with Gasteiger partial charge in [-0.1, -0.05) is 28.1 Å². The summed E-state index contributed by atoms with van der Waals surface area (Å²) in [5.41, 5.74) is 2.38. The van der Waals surface area contributed by atoms with E-state index in [1.807, 2.05) is 21.0 Å². The SMILES string of the molecule is CN=C(NCCCc1cccc(Br)c1)N(C)Cc1csc(C(C)OC)n1.I. The van der Waals surface area contributed by atoms with Gasteiger partial charge in [-0.15, -0.1) is 35.3 Å². The molecular weight excluding hydrogens is 539 g/mol. The minimum absolute atomic E-state index is 0. The van der Waals surface area contributed by atoms with Crippen LogP contribution in [0.2, 0.25) is 0 Å². The molecule has 0 radical (unpaired) electrons. The fourth-order valence-corrected chi connectivity index (χ4v) is 3.86. The highest BCUT2D eigenvalue weighted by Gasteiger charge is 2.12. The van der Waals surface area contributed by atoms with E-state index in [0.717, 1.165) is 47.1 Å². The van der Waals surface area contributed by atoms with Gasteiger partial charge in [-0.05, 0) is 37.5 Å². The van der Waals surface area contributed by atoms with E-state index in [4.69, 9.17) is 4.74 Å². The van der Waals surface area contributed by atoms with Gasteiger partial charge in [0, 0.05) is 37.6 Å². The highest BCUT2D eigenvalue weighted by Crippen LogP contribution is 2.21. The number of nitrogens with zero attached hydrogens (tertiary/aromatic N) is 3. The topological polar surface area (TPSA) is 49.8 Å². The van der Waals surface area contributed by atoms with Gasteiger partial charge >= 0.3 is 0 Å². The van der Waals surface area contributed by atoms with Crippen LogP contribution in [0.25, 0.3) is 0 Å². The number of nitrogens with one attached hydrogen (secondary N) is 1.